The van der Waals surface area contributed by atoms with Crippen molar-refractivity contribution in [2.75, 3.05) is 19.6 Å². The maximum atomic E-state index is 15.4. The maximum absolute atomic E-state index is 15.4. The quantitative estimate of drug-likeness (QED) is 0.0372. The van der Waals surface area contributed by atoms with E-state index in [2.05, 4.69) is 50.6 Å². The number of benzene rings is 3. The van der Waals surface area contributed by atoms with Gasteiger partial charge < -0.3 is 58.6 Å². The lowest BCUT2D eigenvalue weighted by Crippen LogP contribution is -2.48. The molecule has 6 amide bonds. The standard InChI is InChI=1S/C73H84N14O12S3/c1-38(2)61(58-23-51(83-99-58)33-95-53-25-56(86(31-53)73(94)63(40(5)6)70-82-81-44(10)98-70)68(90)76-28-46-13-17-50(18-14-46)65-43(9)78-37-101-65)71(92)87-32-54(26-57(87)69(91)79-41(7)47-19-21-48(22-20-47)59-29-74-35-97-59)96-34-60-80-66(84-102-60)62(39(3)4)72(93)85-30-52(88)24-55(85)67(89)75-27-45-11-15-49(16-12-45)64-42(8)77-36-100-64/h11-23,29,35-41,52-57,61-63,88H,24-28,30-34H2,1-10H3,(H,75,89)(H,76,90)(H,79,91)/t41-,52+,53+,54+,55-,56-,57-,61+,62+,63+/m0/s1. The number of carbonyl (C=O) groups excluding carboxylic acids is 6. The number of oxazole rings is 1. The van der Waals surface area contributed by atoms with E-state index in [1.54, 1.807) is 41.9 Å². The first-order valence-corrected chi connectivity index (χ1v) is 36.8. The third-order valence-corrected chi connectivity index (χ3v) is 21.7. The van der Waals surface area contributed by atoms with Crippen LogP contribution in [0.25, 0.3) is 32.2 Å². The van der Waals surface area contributed by atoms with Crippen molar-refractivity contribution in [1.29, 1.82) is 0 Å². The molecular weight excluding hydrogens is 1360 g/mol. The summed E-state index contributed by atoms with van der Waals surface area (Å²) >= 11 is 4.19. The Bertz CT molecular complexity index is 4380. The molecule has 102 heavy (non-hydrogen) atoms. The second-order valence-electron chi connectivity index (χ2n) is 27.4. The lowest BCUT2D eigenvalue weighted by atomic mass is 9.91. The minimum Gasteiger partial charge on any atom is -0.444 e. The van der Waals surface area contributed by atoms with Crippen molar-refractivity contribution in [1.82, 2.24) is 70.3 Å². The summed E-state index contributed by atoms with van der Waals surface area (Å²) in [6, 6.07) is 21.7. The Morgan fingerprint density at radius 1 is 0.627 bits per heavy atom. The van der Waals surface area contributed by atoms with Gasteiger partial charge in [0.1, 0.15) is 58.9 Å². The number of ether oxygens (including phenoxy) is 2. The second-order valence-corrected chi connectivity index (χ2v) is 30.0. The number of aryl methyl sites for hydroxylation is 3. The highest BCUT2D eigenvalue weighted by Crippen LogP contribution is 2.37. The molecule has 12 rings (SSSR count). The average Bonchev–Trinajstić information content (AvgIpc) is 1.67. The van der Waals surface area contributed by atoms with Crippen molar-refractivity contribution in [3.05, 3.63) is 165 Å². The molecule has 3 aliphatic heterocycles. The van der Waals surface area contributed by atoms with Crippen LogP contribution in [0.4, 0.5) is 0 Å². The molecule has 9 aromatic rings. The highest BCUT2D eigenvalue weighted by Gasteiger charge is 2.48. The zero-order valence-electron chi connectivity index (χ0n) is 58.5. The van der Waals surface area contributed by atoms with Crippen molar-refractivity contribution < 1.29 is 56.7 Å². The topological polar surface area (TPSA) is 329 Å². The highest BCUT2D eigenvalue weighted by atomic mass is 32.1. The predicted molar refractivity (Wildman–Crippen MR) is 378 cm³/mol. The van der Waals surface area contributed by atoms with Gasteiger partial charge in [-0.3, -0.25) is 28.8 Å². The van der Waals surface area contributed by atoms with Crippen LogP contribution in [-0.2, 0) is 64.5 Å². The van der Waals surface area contributed by atoms with E-state index in [0.717, 1.165) is 66.1 Å². The molecule has 0 bridgehead atoms. The molecule has 3 saturated heterocycles. The Morgan fingerprint density at radius 3 is 1.69 bits per heavy atom. The van der Waals surface area contributed by atoms with Gasteiger partial charge in [-0.25, -0.2) is 19.9 Å². The molecule has 10 atom stereocenters. The van der Waals surface area contributed by atoms with Crippen LogP contribution in [-0.4, -0.2) is 151 Å². The number of amides is 6. The van der Waals surface area contributed by atoms with Gasteiger partial charge >= 0.3 is 0 Å². The number of aromatic nitrogens is 8. The Balaban J connectivity index is 0.719. The third-order valence-electron chi connectivity index (χ3n) is 19.1. The molecule has 0 unspecified atom stereocenters. The fraction of sp³-hybridized carbons (Fsp3) is 0.452. The summed E-state index contributed by atoms with van der Waals surface area (Å²) in [5.41, 5.74) is 11.3. The number of carbonyl (C=O) groups is 6. The average molecular weight is 1450 g/mol. The molecule has 26 nitrogen and oxygen atoms in total. The number of aliphatic hydroxyl groups excluding tert-OH is 1. The number of likely N-dealkylation sites (tertiary alicyclic amines) is 3. The van der Waals surface area contributed by atoms with Crippen molar-refractivity contribution >= 4 is 69.6 Å². The predicted octanol–water partition coefficient (Wildman–Crippen LogP) is 9.80. The lowest BCUT2D eigenvalue weighted by Gasteiger charge is -2.29. The van der Waals surface area contributed by atoms with Gasteiger partial charge in [-0.15, -0.1) is 32.9 Å². The van der Waals surface area contributed by atoms with Crippen LogP contribution in [0.2, 0.25) is 0 Å². The zero-order valence-corrected chi connectivity index (χ0v) is 60.9. The highest BCUT2D eigenvalue weighted by molar-refractivity contribution is 7.13. The lowest BCUT2D eigenvalue weighted by molar-refractivity contribution is -0.141. The van der Waals surface area contributed by atoms with Gasteiger partial charge in [0.25, 0.3) is 0 Å². The molecule has 0 aliphatic carbocycles. The zero-order chi connectivity index (χ0) is 72.0. The van der Waals surface area contributed by atoms with Gasteiger partial charge in [0.05, 0.1) is 69.3 Å². The molecule has 3 fully saturated rings. The van der Waals surface area contributed by atoms with E-state index < -0.39 is 72.0 Å². The van der Waals surface area contributed by atoms with E-state index in [1.807, 2.05) is 146 Å². The first-order chi connectivity index (χ1) is 49.0. The van der Waals surface area contributed by atoms with Crippen LogP contribution in [0.5, 0.6) is 0 Å². The summed E-state index contributed by atoms with van der Waals surface area (Å²) in [7, 11) is 0. The second kappa shape index (κ2) is 32.0. The van der Waals surface area contributed by atoms with E-state index in [0.29, 0.717) is 22.4 Å². The minimum atomic E-state index is -0.991. The molecule has 4 N–H and O–H groups in total. The van der Waals surface area contributed by atoms with Crippen LogP contribution < -0.4 is 16.0 Å². The molecule has 0 radical (unpaired) electrons. The molecule has 3 aliphatic rings. The number of β-amino-alcohol motifs (C(OH)–C–C–N with tert-alkyl or cyclic N) is 1. The first kappa shape index (κ1) is 72.5. The first-order valence-electron chi connectivity index (χ1n) is 34.3. The monoisotopic (exact) mass is 1440 g/mol. The molecule has 0 saturated carbocycles. The number of hydrogen-bond donors (Lipinski definition) is 4. The van der Waals surface area contributed by atoms with Crippen molar-refractivity contribution in [3.8, 4) is 32.2 Å². The summed E-state index contributed by atoms with van der Waals surface area (Å²) in [5, 5.41) is 33.1. The van der Waals surface area contributed by atoms with Crippen LogP contribution in [0.3, 0.4) is 0 Å². The maximum Gasteiger partial charge on any atom is 0.243 e. The fourth-order valence-electron chi connectivity index (χ4n) is 13.6. The minimum absolute atomic E-state index is 0.0246. The number of thiazole rings is 2. The van der Waals surface area contributed by atoms with Gasteiger partial charge in [-0.2, -0.15) is 4.37 Å². The van der Waals surface area contributed by atoms with E-state index in [9.17, 15) is 29.1 Å². The van der Waals surface area contributed by atoms with Gasteiger partial charge in [-0.1, -0.05) is 119 Å². The third kappa shape index (κ3) is 16.5. The largest absolute Gasteiger partial charge is 0.444 e. The Labute approximate surface area is 602 Å². The summed E-state index contributed by atoms with van der Waals surface area (Å²) in [6.07, 6.45) is 1.15. The summed E-state index contributed by atoms with van der Waals surface area (Å²) in [4.78, 5) is 112. The van der Waals surface area contributed by atoms with Gasteiger partial charge in [0.15, 0.2) is 18.0 Å². The van der Waals surface area contributed by atoms with E-state index in [1.165, 1.54) is 21.1 Å². The summed E-state index contributed by atoms with van der Waals surface area (Å²) in [6.45, 7) is 19.1. The molecule has 536 valence electrons. The number of nitrogens with one attached hydrogen (secondary N) is 3. The Morgan fingerprint density at radius 2 is 1.16 bits per heavy atom. The normalized spacial score (nSPS) is 19.6. The van der Waals surface area contributed by atoms with Gasteiger partial charge in [0, 0.05) is 70.5 Å². The molecule has 9 heterocycles. The molecule has 3 aromatic carbocycles. The molecular formula is C73H84N14O12S3. The van der Waals surface area contributed by atoms with Crippen LogP contribution in [0.1, 0.15) is 154 Å². The molecule has 6 aromatic heterocycles. The van der Waals surface area contributed by atoms with Crippen molar-refractivity contribution in [3.63, 3.8) is 0 Å². The van der Waals surface area contributed by atoms with Crippen molar-refractivity contribution in [2.45, 2.75) is 175 Å². The van der Waals surface area contributed by atoms with E-state index in [4.69, 9.17) is 27.8 Å². The smallest absolute Gasteiger partial charge is 0.243 e. The molecule has 0 spiro atoms. The SMILES string of the molecule is Cc1nnc([C@H](C(=O)N2C[C@H](OCc3cc([C@H](C(=O)N4C[C@H](OCc5nc([C@H](C(=O)N6C[C@H](O)C[C@H]6C(=O)NCc6ccc(-c7scnc7C)cc6)C(C)C)ns5)C[C@H]4C(=O)N[C@@H](C)c4ccc(-c5cnco5)cc4)C(C)C)on3)C[C@H]2C(=O)NCc2ccc(-c3scnc3C)cc2)C(C)C)o1. The van der Waals surface area contributed by atoms with Crippen molar-refractivity contribution in [2.24, 2.45) is 17.8 Å². The number of nitrogens with zero attached hydrogens (tertiary/aromatic N) is 11. The van der Waals surface area contributed by atoms with E-state index >= 15 is 4.79 Å². The van der Waals surface area contributed by atoms with Crippen LogP contribution >= 0.6 is 34.2 Å². The van der Waals surface area contributed by atoms with Crippen LogP contribution in [0.15, 0.2) is 116 Å². The number of rotatable bonds is 27. The van der Waals surface area contributed by atoms with Gasteiger partial charge in [-0.05, 0) is 77.9 Å². The Kier molecular flexibility index (Phi) is 22.7. The fourth-order valence-corrected chi connectivity index (χ4v) is 15.8. The molecule has 29 heteroatoms. The van der Waals surface area contributed by atoms with E-state index in [-0.39, 0.29) is 124 Å². The van der Waals surface area contributed by atoms with Crippen LogP contribution in [0, 0.1) is 38.5 Å². The summed E-state index contributed by atoms with van der Waals surface area (Å²) in [5.74, 6) is -4.21. The Hall–Kier alpha value is -9.26. The number of hydrogen-bond acceptors (Lipinski definition) is 23. The number of aliphatic hydroxyl groups is 1. The summed E-state index contributed by atoms with van der Waals surface area (Å²) < 4.78 is 35.0. The van der Waals surface area contributed by atoms with Gasteiger partial charge in [0.2, 0.25) is 47.2 Å².